The molecule has 0 aliphatic carbocycles. The molecule has 0 bridgehead atoms. The highest BCUT2D eigenvalue weighted by Crippen LogP contribution is 2.29. The molecule has 4 nitrogen and oxygen atoms in total. The number of nitrogens with zero attached hydrogens (tertiary/aromatic N) is 1. The van der Waals surface area contributed by atoms with Crippen LogP contribution >= 0.6 is 35.0 Å². The van der Waals surface area contributed by atoms with E-state index in [1.807, 2.05) is 25.1 Å². The van der Waals surface area contributed by atoms with E-state index in [1.165, 1.54) is 11.8 Å². The van der Waals surface area contributed by atoms with Gasteiger partial charge < -0.3 is 10.1 Å². The SMILES string of the molecule is Cc1ccc2nc(S[C@H](Cc3cc(Cl)ccc3Cl)C(=O)O)[nH]c2c1. The Morgan fingerprint density at radius 3 is 2.83 bits per heavy atom. The van der Waals surface area contributed by atoms with Crippen LogP contribution < -0.4 is 0 Å². The number of rotatable bonds is 5. The fourth-order valence-electron chi connectivity index (χ4n) is 2.37. The lowest BCUT2D eigenvalue weighted by Gasteiger charge is -2.12. The van der Waals surface area contributed by atoms with Crippen molar-refractivity contribution in [1.82, 2.24) is 9.97 Å². The van der Waals surface area contributed by atoms with Crippen molar-refractivity contribution >= 4 is 52.0 Å². The zero-order valence-corrected chi connectivity index (χ0v) is 15.0. The van der Waals surface area contributed by atoms with Gasteiger partial charge >= 0.3 is 5.97 Å². The predicted octanol–water partition coefficient (Wildman–Crippen LogP) is 4.97. The van der Waals surface area contributed by atoms with Gasteiger partial charge in [0.25, 0.3) is 0 Å². The molecule has 2 aromatic carbocycles. The van der Waals surface area contributed by atoms with E-state index in [0.29, 0.717) is 20.8 Å². The first-order valence-electron chi connectivity index (χ1n) is 7.22. The Labute approximate surface area is 153 Å². The quantitative estimate of drug-likeness (QED) is 0.613. The normalized spacial score (nSPS) is 12.5. The maximum absolute atomic E-state index is 11.6. The van der Waals surface area contributed by atoms with Crippen molar-refractivity contribution in [3.8, 4) is 0 Å². The van der Waals surface area contributed by atoms with E-state index in [0.717, 1.165) is 16.6 Å². The number of aromatic amines is 1. The third kappa shape index (κ3) is 3.86. The Hall–Kier alpha value is -1.69. The molecule has 0 radical (unpaired) electrons. The minimum absolute atomic E-state index is 0.259. The number of imidazole rings is 1. The van der Waals surface area contributed by atoms with Crippen LogP contribution in [0, 0.1) is 6.92 Å². The Bertz CT molecular complexity index is 911. The number of carbonyl (C=O) groups is 1. The third-order valence-electron chi connectivity index (χ3n) is 3.56. The number of aliphatic carboxylic acids is 1. The lowest BCUT2D eigenvalue weighted by atomic mass is 10.1. The van der Waals surface area contributed by atoms with Crippen molar-refractivity contribution in [2.75, 3.05) is 0 Å². The Morgan fingerprint density at radius 1 is 1.29 bits per heavy atom. The molecule has 0 amide bonds. The Balaban J connectivity index is 1.85. The molecular formula is C17H14Cl2N2O2S. The summed E-state index contributed by atoms with van der Waals surface area (Å²) in [6.45, 7) is 1.99. The standard InChI is InChI=1S/C17H14Cl2N2O2S/c1-9-2-5-13-14(6-9)21-17(20-13)24-15(16(22)23)8-10-7-11(18)3-4-12(10)19/h2-7,15H,8H2,1H3,(H,20,21)(H,22,23)/t15-/m1/s1. The zero-order chi connectivity index (χ0) is 17.3. The molecule has 124 valence electrons. The van der Waals surface area contributed by atoms with Crippen LogP contribution in [0.2, 0.25) is 10.0 Å². The van der Waals surface area contributed by atoms with Gasteiger partial charge in [0.05, 0.1) is 11.0 Å². The maximum atomic E-state index is 11.6. The molecule has 0 aliphatic rings. The van der Waals surface area contributed by atoms with E-state index in [9.17, 15) is 9.90 Å². The number of aryl methyl sites for hydroxylation is 1. The van der Waals surface area contributed by atoms with Gasteiger partial charge in [0, 0.05) is 10.0 Å². The number of fused-ring (bicyclic) bond motifs is 1. The number of aromatic nitrogens is 2. The molecule has 0 saturated carbocycles. The molecule has 0 saturated heterocycles. The highest BCUT2D eigenvalue weighted by atomic mass is 35.5. The Morgan fingerprint density at radius 2 is 2.08 bits per heavy atom. The molecule has 1 heterocycles. The molecule has 3 rings (SSSR count). The first-order chi connectivity index (χ1) is 11.4. The largest absolute Gasteiger partial charge is 0.480 e. The summed E-state index contributed by atoms with van der Waals surface area (Å²) in [4.78, 5) is 19.2. The molecule has 0 aliphatic heterocycles. The van der Waals surface area contributed by atoms with E-state index in [-0.39, 0.29) is 6.42 Å². The van der Waals surface area contributed by atoms with Crippen molar-refractivity contribution in [3.63, 3.8) is 0 Å². The van der Waals surface area contributed by atoms with Crippen LogP contribution in [0.1, 0.15) is 11.1 Å². The molecule has 3 aromatic rings. The number of hydrogen-bond donors (Lipinski definition) is 2. The summed E-state index contributed by atoms with van der Waals surface area (Å²) in [7, 11) is 0. The van der Waals surface area contributed by atoms with Crippen LogP contribution in [0.25, 0.3) is 11.0 Å². The first kappa shape index (κ1) is 17.1. The van der Waals surface area contributed by atoms with Crippen molar-refractivity contribution in [3.05, 3.63) is 57.6 Å². The van der Waals surface area contributed by atoms with Crippen LogP contribution in [0.15, 0.2) is 41.6 Å². The van der Waals surface area contributed by atoms with Crippen molar-refractivity contribution in [2.45, 2.75) is 23.8 Å². The highest BCUT2D eigenvalue weighted by molar-refractivity contribution is 8.00. The second-order valence-corrected chi connectivity index (χ2v) is 7.48. The summed E-state index contributed by atoms with van der Waals surface area (Å²) in [5.74, 6) is -0.923. The number of H-pyrrole nitrogens is 1. The molecule has 0 fully saturated rings. The van der Waals surface area contributed by atoms with E-state index in [2.05, 4.69) is 9.97 Å². The summed E-state index contributed by atoms with van der Waals surface area (Å²) >= 11 is 13.3. The summed E-state index contributed by atoms with van der Waals surface area (Å²) in [6, 6.07) is 10.9. The van der Waals surface area contributed by atoms with Gasteiger partial charge in [-0.3, -0.25) is 4.79 Å². The maximum Gasteiger partial charge on any atom is 0.317 e. The summed E-state index contributed by atoms with van der Waals surface area (Å²) in [6.07, 6.45) is 0.259. The van der Waals surface area contributed by atoms with Gasteiger partial charge in [-0.05, 0) is 54.8 Å². The fraction of sp³-hybridized carbons (Fsp3) is 0.176. The second kappa shape index (κ2) is 7.05. The fourth-order valence-corrected chi connectivity index (χ4v) is 3.71. The number of halogens is 2. The van der Waals surface area contributed by atoms with Crippen LogP contribution in [-0.2, 0) is 11.2 Å². The average molecular weight is 381 g/mol. The minimum Gasteiger partial charge on any atom is -0.480 e. The van der Waals surface area contributed by atoms with Gasteiger partial charge in [-0.2, -0.15) is 0 Å². The third-order valence-corrected chi connectivity index (χ3v) is 5.23. The molecule has 24 heavy (non-hydrogen) atoms. The molecule has 1 aromatic heterocycles. The topological polar surface area (TPSA) is 66.0 Å². The number of carboxylic acid groups (broad SMARTS) is 1. The lowest BCUT2D eigenvalue weighted by molar-refractivity contribution is -0.136. The van der Waals surface area contributed by atoms with Gasteiger partial charge in [-0.1, -0.05) is 41.0 Å². The average Bonchev–Trinajstić information content (AvgIpc) is 2.91. The van der Waals surface area contributed by atoms with E-state index in [4.69, 9.17) is 23.2 Å². The van der Waals surface area contributed by atoms with Gasteiger partial charge in [-0.15, -0.1) is 0 Å². The van der Waals surface area contributed by atoms with Crippen LogP contribution in [0.3, 0.4) is 0 Å². The molecule has 7 heteroatoms. The second-order valence-electron chi connectivity index (χ2n) is 5.45. The summed E-state index contributed by atoms with van der Waals surface area (Å²) < 4.78 is 0. The smallest absolute Gasteiger partial charge is 0.317 e. The molecule has 0 unspecified atom stereocenters. The number of benzene rings is 2. The summed E-state index contributed by atoms with van der Waals surface area (Å²) in [5.41, 5.74) is 3.52. The number of carboxylic acids is 1. The Kier molecular flexibility index (Phi) is 5.04. The van der Waals surface area contributed by atoms with E-state index >= 15 is 0 Å². The highest BCUT2D eigenvalue weighted by Gasteiger charge is 2.22. The van der Waals surface area contributed by atoms with Crippen molar-refractivity contribution < 1.29 is 9.90 Å². The minimum atomic E-state index is -0.923. The molecule has 0 spiro atoms. The van der Waals surface area contributed by atoms with Gasteiger partial charge in [0.2, 0.25) is 0 Å². The summed E-state index contributed by atoms with van der Waals surface area (Å²) in [5, 5.41) is 10.4. The van der Waals surface area contributed by atoms with Crippen LogP contribution in [0.5, 0.6) is 0 Å². The monoisotopic (exact) mass is 380 g/mol. The first-order valence-corrected chi connectivity index (χ1v) is 8.85. The molecule has 1 atom stereocenters. The molecular weight excluding hydrogens is 367 g/mol. The van der Waals surface area contributed by atoms with Crippen molar-refractivity contribution in [1.29, 1.82) is 0 Å². The van der Waals surface area contributed by atoms with Gasteiger partial charge in [0.15, 0.2) is 5.16 Å². The van der Waals surface area contributed by atoms with Gasteiger partial charge in [-0.25, -0.2) is 4.98 Å². The van der Waals surface area contributed by atoms with Crippen LogP contribution in [-0.4, -0.2) is 26.3 Å². The predicted molar refractivity (Wildman–Crippen MR) is 98.3 cm³/mol. The zero-order valence-electron chi connectivity index (χ0n) is 12.7. The van der Waals surface area contributed by atoms with Crippen molar-refractivity contribution in [2.24, 2.45) is 0 Å². The number of hydrogen-bond acceptors (Lipinski definition) is 3. The van der Waals surface area contributed by atoms with Gasteiger partial charge in [0.1, 0.15) is 5.25 Å². The number of nitrogens with one attached hydrogen (secondary N) is 1. The van der Waals surface area contributed by atoms with E-state index < -0.39 is 11.2 Å². The van der Waals surface area contributed by atoms with E-state index in [1.54, 1.807) is 18.2 Å². The molecule has 2 N–H and O–H groups in total. The van der Waals surface area contributed by atoms with Crippen LogP contribution in [0.4, 0.5) is 0 Å². The number of thioether (sulfide) groups is 1. The lowest BCUT2D eigenvalue weighted by Crippen LogP contribution is -2.19.